The second-order valence-corrected chi connectivity index (χ2v) is 9.42. The Bertz CT molecular complexity index is 1050. The molecule has 32 heavy (non-hydrogen) atoms. The van der Waals surface area contributed by atoms with Crippen molar-refractivity contribution >= 4 is 57.8 Å². The number of hydrogen-bond acceptors (Lipinski definition) is 6. The number of thiocarbonyl (C=S) groups is 1. The van der Waals surface area contributed by atoms with Gasteiger partial charge in [-0.05, 0) is 73.1 Å². The largest absolute Gasteiger partial charge is 0.490 e. The van der Waals surface area contributed by atoms with E-state index < -0.39 is 11.8 Å². The normalized spacial score (nSPS) is 14.9. The van der Waals surface area contributed by atoms with Crippen LogP contribution in [0.2, 0.25) is 5.02 Å². The number of rotatable bonds is 8. The van der Waals surface area contributed by atoms with Gasteiger partial charge in [0.25, 0.3) is 11.8 Å². The molecule has 1 aliphatic rings. The Balaban J connectivity index is 1.76. The van der Waals surface area contributed by atoms with Gasteiger partial charge in [0, 0.05) is 10.6 Å². The van der Waals surface area contributed by atoms with Gasteiger partial charge in [0.05, 0.1) is 18.1 Å². The highest BCUT2D eigenvalue weighted by Crippen LogP contribution is 2.34. The SMILES string of the molecule is CCOc1cc(/C=C2\SC(=S)N(NC(=O)c3ccc(Cl)cc3)C2=O)ccc1OCC(C)C. The molecule has 2 aromatic carbocycles. The highest BCUT2D eigenvalue weighted by molar-refractivity contribution is 8.26. The van der Waals surface area contributed by atoms with E-state index in [9.17, 15) is 9.59 Å². The number of carbonyl (C=O) groups is 2. The Morgan fingerprint density at radius 1 is 1.19 bits per heavy atom. The summed E-state index contributed by atoms with van der Waals surface area (Å²) >= 11 is 12.3. The maximum absolute atomic E-state index is 12.9. The molecule has 0 atom stereocenters. The van der Waals surface area contributed by atoms with E-state index in [1.165, 1.54) is 0 Å². The Morgan fingerprint density at radius 2 is 1.91 bits per heavy atom. The molecule has 3 rings (SSSR count). The third kappa shape index (κ3) is 6.03. The molecule has 0 unspecified atom stereocenters. The topological polar surface area (TPSA) is 67.9 Å². The summed E-state index contributed by atoms with van der Waals surface area (Å²) in [6.45, 7) is 7.10. The lowest BCUT2D eigenvalue weighted by Gasteiger charge is -2.15. The van der Waals surface area contributed by atoms with E-state index >= 15 is 0 Å². The Kier molecular flexibility index (Phi) is 8.17. The van der Waals surface area contributed by atoms with Crippen LogP contribution in [-0.4, -0.2) is 34.4 Å². The molecule has 0 saturated carbocycles. The number of halogens is 1. The third-order valence-corrected chi connectivity index (χ3v) is 5.81. The average molecular weight is 491 g/mol. The summed E-state index contributed by atoms with van der Waals surface area (Å²) in [7, 11) is 0. The summed E-state index contributed by atoms with van der Waals surface area (Å²) < 4.78 is 11.8. The predicted molar refractivity (Wildman–Crippen MR) is 132 cm³/mol. The monoisotopic (exact) mass is 490 g/mol. The smallest absolute Gasteiger partial charge is 0.285 e. The van der Waals surface area contributed by atoms with Crippen LogP contribution in [0, 0.1) is 5.92 Å². The number of thioether (sulfide) groups is 1. The fraction of sp³-hybridized carbons (Fsp3) is 0.261. The van der Waals surface area contributed by atoms with Gasteiger partial charge >= 0.3 is 0 Å². The molecule has 6 nitrogen and oxygen atoms in total. The van der Waals surface area contributed by atoms with E-state index in [0.29, 0.717) is 46.1 Å². The first-order valence-electron chi connectivity index (χ1n) is 10.0. The highest BCUT2D eigenvalue weighted by Gasteiger charge is 2.33. The maximum atomic E-state index is 12.9. The fourth-order valence-electron chi connectivity index (χ4n) is 2.74. The number of carbonyl (C=O) groups excluding carboxylic acids is 2. The molecule has 1 heterocycles. The molecule has 0 spiro atoms. The molecule has 0 bridgehead atoms. The molecule has 0 aromatic heterocycles. The van der Waals surface area contributed by atoms with Crippen LogP contribution in [0.15, 0.2) is 47.4 Å². The Morgan fingerprint density at radius 3 is 2.56 bits per heavy atom. The van der Waals surface area contributed by atoms with Crippen molar-refractivity contribution in [1.29, 1.82) is 0 Å². The van der Waals surface area contributed by atoms with E-state index in [0.717, 1.165) is 22.3 Å². The second-order valence-electron chi connectivity index (χ2n) is 7.31. The zero-order valence-electron chi connectivity index (χ0n) is 17.9. The summed E-state index contributed by atoms with van der Waals surface area (Å²) in [5.41, 5.74) is 3.68. The average Bonchev–Trinajstić information content (AvgIpc) is 3.01. The molecule has 1 N–H and O–H groups in total. The van der Waals surface area contributed by atoms with Crippen LogP contribution in [0.5, 0.6) is 11.5 Å². The van der Waals surface area contributed by atoms with Crippen molar-refractivity contribution < 1.29 is 19.1 Å². The quantitative estimate of drug-likeness (QED) is 0.399. The lowest BCUT2D eigenvalue weighted by atomic mass is 10.1. The summed E-state index contributed by atoms with van der Waals surface area (Å²) in [6.07, 6.45) is 1.71. The fourth-order valence-corrected chi connectivity index (χ4v) is 4.05. The van der Waals surface area contributed by atoms with Crippen LogP contribution in [0.3, 0.4) is 0 Å². The van der Waals surface area contributed by atoms with Crippen molar-refractivity contribution in [2.75, 3.05) is 13.2 Å². The molecule has 0 radical (unpaired) electrons. The minimum atomic E-state index is -0.454. The van der Waals surface area contributed by atoms with E-state index in [4.69, 9.17) is 33.3 Å². The van der Waals surface area contributed by atoms with E-state index in [2.05, 4.69) is 19.3 Å². The van der Waals surface area contributed by atoms with Crippen LogP contribution in [0.25, 0.3) is 6.08 Å². The number of nitrogens with zero attached hydrogens (tertiary/aromatic N) is 1. The van der Waals surface area contributed by atoms with Gasteiger partial charge < -0.3 is 9.47 Å². The van der Waals surface area contributed by atoms with Gasteiger partial charge in [0.15, 0.2) is 15.8 Å². The number of nitrogens with one attached hydrogen (secondary N) is 1. The molecule has 168 valence electrons. The van der Waals surface area contributed by atoms with E-state index in [-0.39, 0.29) is 4.32 Å². The van der Waals surface area contributed by atoms with Crippen LogP contribution in [0.4, 0.5) is 0 Å². The molecule has 2 amide bonds. The van der Waals surface area contributed by atoms with Crippen LogP contribution in [0.1, 0.15) is 36.7 Å². The van der Waals surface area contributed by atoms with Gasteiger partial charge in [0.1, 0.15) is 0 Å². The lowest BCUT2D eigenvalue weighted by Crippen LogP contribution is -2.44. The van der Waals surface area contributed by atoms with Crippen LogP contribution in [-0.2, 0) is 4.79 Å². The molecule has 2 aromatic rings. The van der Waals surface area contributed by atoms with Crippen molar-refractivity contribution in [3.05, 3.63) is 63.5 Å². The first kappa shape index (κ1) is 24.1. The zero-order valence-corrected chi connectivity index (χ0v) is 20.3. The first-order valence-corrected chi connectivity index (χ1v) is 11.6. The molecule has 9 heteroatoms. The summed E-state index contributed by atoms with van der Waals surface area (Å²) in [4.78, 5) is 25.7. The molecule has 0 aliphatic carbocycles. The number of ether oxygens (including phenoxy) is 2. The van der Waals surface area contributed by atoms with Crippen molar-refractivity contribution in [3.8, 4) is 11.5 Å². The van der Waals surface area contributed by atoms with Crippen LogP contribution < -0.4 is 14.9 Å². The first-order chi connectivity index (χ1) is 15.3. The summed E-state index contributed by atoms with van der Waals surface area (Å²) in [6, 6.07) is 11.8. The summed E-state index contributed by atoms with van der Waals surface area (Å²) in [5.74, 6) is 0.785. The minimum Gasteiger partial charge on any atom is -0.490 e. The molecule has 1 saturated heterocycles. The Labute approximate surface area is 201 Å². The Hall–Kier alpha value is -2.55. The number of hydrogen-bond donors (Lipinski definition) is 1. The molecular formula is C23H23ClN2O4S2. The summed E-state index contributed by atoms with van der Waals surface area (Å²) in [5, 5.41) is 1.59. The van der Waals surface area contributed by atoms with Gasteiger partial charge in [-0.2, -0.15) is 5.01 Å². The number of hydrazine groups is 1. The van der Waals surface area contributed by atoms with Crippen molar-refractivity contribution in [2.45, 2.75) is 20.8 Å². The third-order valence-electron chi connectivity index (χ3n) is 4.25. The number of benzene rings is 2. The van der Waals surface area contributed by atoms with Gasteiger partial charge in [0.2, 0.25) is 0 Å². The standard InChI is InChI=1S/C23H23ClN2O4S2/c1-4-29-19-11-15(5-10-18(19)30-13-14(2)3)12-20-22(28)26(23(31)32-20)25-21(27)16-6-8-17(24)9-7-16/h5-12,14H,4,13H2,1-3H3,(H,25,27)/b20-12-. The molecule has 1 aliphatic heterocycles. The van der Waals surface area contributed by atoms with Gasteiger partial charge in [-0.15, -0.1) is 0 Å². The zero-order chi connectivity index (χ0) is 23.3. The van der Waals surface area contributed by atoms with Gasteiger partial charge in [-0.1, -0.05) is 43.3 Å². The van der Waals surface area contributed by atoms with E-state index in [1.807, 2.05) is 25.1 Å². The lowest BCUT2D eigenvalue weighted by molar-refractivity contribution is -0.123. The van der Waals surface area contributed by atoms with Gasteiger partial charge in [-0.3, -0.25) is 15.0 Å². The maximum Gasteiger partial charge on any atom is 0.285 e. The van der Waals surface area contributed by atoms with Gasteiger partial charge in [-0.25, -0.2) is 0 Å². The molecule has 1 fully saturated rings. The predicted octanol–water partition coefficient (Wildman–Crippen LogP) is 5.32. The molecular weight excluding hydrogens is 468 g/mol. The number of amides is 2. The van der Waals surface area contributed by atoms with Crippen LogP contribution >= 0.6 is 35.6 Å². The second kappa shape index (κ2) is 10.8. The van der Waals surface area contributed by atoms with Crippen molar-refractivity contribution in [2.24, 2.45) is 5.92 Å². The van der Waals surface area contributed by atoms with Crippen molar-refractivity contribution in [1.82, 2.24) is 10.4 Å². The van der Waals surface area contributed by atoms with Crippen molar-refractivity contribution in [3.63, 3.8) is 0 Å². The highest BCUT2D eigenvalue weighted by atomic mass is 35.5. The van der Waals surface area contributed by atoms with E-state index in [1.54, 1.807) is 30.3 Å². The minimum absolute atomic E-state index is 0.241.